The zero-order chi connectivity index (χ0) is 15.2. The van der Waals surface area contributed by atoms with E-state index in [1.165, 1.54) is 20.5 Å². The standard InChI is InChI=1S/C18H27NOS/c1-13(2)9-11-20-12-10-19-15(4)18-14(3)16-7-5-6-8-17(16)21-18/h5-8,13,15,19H,9-12H2,1-4H3. The predicted molar refractivity (Wildman–Crippen MR) is 93.3 cm³/mol. The maximum Gasteiger partial charge on any atom is 0.0591 e. The van der Waals surface area contributed by atoms with Gasteiger partial charge in [0.05, 0.1) is 6.61 Å². The molecule has 0 bridgehead atoms. The Morgan fingerprint density at radius 1 is 1.14 bits per heavy atom. The van der Waals surface area contributed by atoms with Crippen molar-refractivity contribution in [2.75, 3.05) is 19.8 Å². The number of aryl methyl sites for hydroxylation is 1. The molecule has 3 heteroatoms. The van der Waals surface area contributed by atoms with E-state index in [4.69, 9.17) is 4.74 Å². The van der Waals surface area contributed by atoms with Crippen molar-refractivity contribution in [1.29, 1.82) is 0 Å². The molecule has 1 atom stereocenters. The first-order valence-corrected chi connectivity index (χ1v) is 8.70. The highest BCUT2D eigenvalue weighted by atomic mass is 32.1. The molecule has 2 rings (SSSR count). The van der Waals surface area contributed by atoms with Crippen LogP contribution in [-0.4, -0.2) is 19.8 Å². The Hall–Kier alpha value is -0.900. The summed E-state index contributed by atoms with van der Waals surface area (Å²) in [6.45, 7) is 11.5. The third-order valence-corrected chi connectivity index (χ3v) is 5.27. The third-order valence-electron chi connectivity index (χ3n) is 3.81. The van der Waals surface area contributed by atoms with Gasteiger partial charge < -0.3 is 10.1 Å². The molecule has 1 heterocycles. The van der Waals surface area contributed by atoms with Crippen molar-refractivity contribution >= 4 is 21.4 Å². The number of rotatable bonds is 8. The minimum atomic E-state index is 0.385. The van der Waals surface area contributed by atoms with Gasteiger partial charge in [-0.15, -0.1) is 11.3 Å². The highest BCUT2D eigenvalue weighted by Crippen LogP contribution is 2.34. The lowest BCUT2D eigenvalue weighted by molar-refractivity contribution is 0.124. The third kappa shape index (κ3) is 4.53. The molecule has 21 heavy (non-hydrogen) atoms. The highest BCUT2D eigenvalue weighted by Gasteiger charge is 2.13. The summed E-state index contributed by atoms with van der Waals surface area (Å²) >= 11 is 1.90. The Bertz CT molecular complexity index is 561. The van der Waals surface area contributed by atoms with Crippen molar-refractivity contribution in [2.45, 2.75) is 40.2 Å². The fraction of sp³-hybridized carbons (Fsp3) is 0.556. The second kappa shape index (κ2) is 7.92. The molecule has 0 fully saturated rings. The molecule has 116 valence electrons. The number of nitrogens with one attached hydrogen (secondary N) is 1. The summed E-state index contributed by atoms with van der Waals surface area (Å²) in [5.74, 6) is 0.720. The van der Waals surface area contributed by atoms with E-state index < -0.39 is 0 Å². The first-order chi connectivity index (χ1) is 10.1. The molecule has 0 aliphatic heterocycles. The molecular formula is C18H27NOS. The van der Waals surface area contributed by atoms with E-state index in [1.54, 1.807) is 0 Å². The quantitative estimate of drug-likeness (QED) is 0.699. The van der Waals surface area contributed by atoms with E-state index >= 15 is 0 Å². The number of hydrogen-bond acceptors (Lipinski definition) is 3. The number of benzene rings is 1. The summed E-state index contributed by atoms with van der Waals surface area (Å²) in [5, 5.41) is 4.96. The molecular weight excluding hydrogens is 278 g/mol. The number of ether oxygens (including phenoxy) is 1. The first kappa shape index (κ1) is 16.5. The fourth-order valence-corrected chi connectivity index (χ4v) is 3.71. The Labute approximate surface area is 132 Å². The van der Waals surface area contributed by atoms with E-state index in [2.05, 4.69) is 57.3 Å². The average Bonchev–Trinajstić information content (AvgIpc) is 2.80. The molecule has 0 radical (unpaired) electrons. The molecule has 1 aromatic carbocycles. The van der Waals surface area contributed by atoms with E-state index in [1.807, 2.05) is 11.3 Å². The molecule has 1 aromatic heterocycles. The molecule has 2 nitrogen and oxygen atoms in total. The van der Waals surface area contributed by atoms with Crippen molar-refractivity contribution in [3.05, 3.63) is 34.7 Å². The Morgan fingerprint density at radius 3 is 2.62 bits per heavy atom. The van der Waals surface area contributed by atoms with Crippen LogP contribution in [0.2, 0.25) is 0 Å². The van der Waals surface area contributed by atoms with Crippen molar-refractivity contribution in [1.82, 2.24) is 5.32 Å². The van der Waals surface area contributed by atoms with E-state index in [0.717, 1.165) is 32.1 Å². The maximum atomic E-state index is 5.66. The molecule has 1 N–H and O–H groups in total. The van der Waals surface area contributed by atoms with Crippen LogP contribution in [0.1, 0.15) is 43.7 Å². The van der Waals surface area contributed by atoms with Gasteiger partial charge in [-0.1, -0.05) is 32.0 Å². The summed E-state index contributed by atoms with van der Waals surface area (Å²) < 4.78 is 7.04. The maximum absolute atomic E-state index is 5.66. The van der Waals surface area contributed by atoms with E-state index in [-0.39, 0.29) is 0 Å². The van der Waals surface area contributed by atoms with Crippen LogP contribution >= 0.6 is 11.3 Å². The number of fused-ring (bicyclic) bond motifs is 1. The summed E-state index contributed by atoms with van der Waals surface area (Å²) in [6.07, 6.45) is 1.14. The predicted octanol–water partition coefficient (Wildman–Crippen LogP) is 4.92. The largest absolute Gasteiger partial charge is 0.380 e. The van der Waals surface area contributed by atoms with Gasteiger partial charge in [-0.2, -0.15) is 0 Å². The lowest BCUT2D eigenvalue weighted by Gasteiger charge is -2.14. The molecule has 0 aliphatic rings. The monoisotopic (exact) mass is 305 g/mol. The van der Waals surface area contributed by atoms with Crippen molar-refractivity contribution in [3.63, 3.8) is 0 Å². The van der Waals surface area contributed by atoms with Gasteiger partial charge in [0.2, 0.25) is 0 Å². The highest BCUT2D eigenvalue weighted by molar-refractivity contribution is 7.19. The van der Waals surface area contributed by atoms with Crippen LogP contribution in [0.15, 0.2) is 24.3 Å². The second-order valence-electron chi connectivity index (χ2n) is 6.06. The van der Waals surface area contributed by atoms with Crippen molar-refractivity contribution < 1.29 is 4.74 Å². The van der Waals surface area contributed by atoms with Crippen LogP contribution in [0, 0.1) is 12.8 Å². The van der Waals surface area contributed by atoms with Gasteiger partial charge in [0.1, 0.15) is 0 Å². The van der Waals surface area contributed by atoms with Gasteiger partial charge in [0.25, 0.3) is 0 Å². The molecule has 2 aromatic rings. The molecule has 0 aliphatic carbocycles. The smallest absolute Gasteiger partial charge is 0.0591 e. The molecule has 1 unspecified atom stereocenters. The topological polar surface area (TPSA) is 21.3 Å². The lowest BCUT2D eigenvalue weighted by Crippen LogP contribution is -2.23. The molecule has 0 saturated carbocycles. The van der Waals surface area contributed by atoms with Gasteiger partial charge in [0, 0.05) is 28.8 Å². The van der Waals surface area contributed by atoms with E-state index in [9.17, 15) is 0 Å². The van der Waals surface area contributed by atoms with Gasteiger partial charge in [-0.05, 0) is 43.2 Å². The Balaban J connectivity index is 1.82. The fourth-order valence-electron chi connectivity index (χ4n) is 2.47. The molecule has 0 saturated heterocycles. The normalized spacial score (nSPS) is 13.2. The zero-order valence-corrected chi connectivity index (χ0v) is 14.4. The summed E-state index contributed by atoms with van der Waals surface area (Å²) in [5.41, 5.74) is 1.41. The second-order valence-corrected chi connectivity index (χ2v) is 7.14. The van der Waals surface area contributed by atoms with Crippen LogP contribution < -0.4 is 5.32 Å². The van der Waals surface area contributed by atoms with Crippen LogP contribution in [0.25, 0.3) is 10.1 Å². The summed E-state index contributed by atoms with van der Waals surface area (Å²) in [7, 11) is 0. The van der Waals surface area contributed by atoms with E-state index in [0.29, 0.717) is 6.04 Å². The molecule has 0 amide bonds. The number of hydrogen-bond donors (Lipinski definition) is 1. The summed E-state index contributed by atoms with van der Waals surface area (Å²) in [4.78, 5) is 1.44. The van der Waals surface area contributed by atoms with Gasteiger partial charge >= 0.3 is 0 Å². The summed E-state index contributed by atoms with van der Waals surface area (Å²) in [6, 6.07) is 9.04. The van der Waals surface area contributed by atoms with Gasteiger partial charge in [-0.25, -0.2) is 0 Å². The average molecular weight is 305 g/mol. The van der Waals surface area contributed by atoms with Crippen LogP contribution in [0.4, 0.5) is 0 Å². The minimum Gasteiger partial charge on any atom is -0.380 e. The van der Waals surface area contributed by atoms with Gasteiger partial charge in [0.15, 0.2) is 0 Å². The SMILES string of the molecule is Cc1c(C(C)NCCOCCC(C)C)sc2ccccc12. The van der Waals surface area contributed by atoms with Gasteiger partial charge in [-0.3, -0.25) is 0 Å². The lowest BCUT2D eigenvalue weighted by atomic mass is 10.1. The van der Waals surface area contributed by atoms with Crippen molar-refractivity contribution in [2.24, 2.45) is 5.92 Å². The number of thiophene rings is 1. The Kier molecular flexibility index (Phi) is 6.22. The molecule has 0 spiro atoms. The van der Waals surface area contributed by atoms with Crippen LogP contribution in [0.3, 0.4) is 0 Å². The van der Waals surface area contributed by atoms with Crippen molar-refractivity contribution in [3.8, 4) is 0 Å². The first-order valence-electron chi connectivity index (χ1n) is 7.88. The van der Waals surface area contributed by atoms with Crippen LogP contribution in [0.5, 0.6) is 0 Å². The van der Waals surface area contributed by atoms with Crippen LogP contribution in [-0.2, 0) is 4.74 Å². The minimum absolute atomic E-state index is 0.385. The zero-order valence-electron chi connectivity index (χ0n) is 13.6. The Morgan fingerprint density at radius 2 is 1.90 bits per heavy atom.